The van der Waals surface area contributed by atoms with Crippen molar-refractivity contribution in [1.82, 2.24) is 5.32 Å². The van der Waals surface area contributed by atoms with Crippen molar-refractivity contribution in [2.24, 2.45) is 0 Å². The van der Waals surface area contributed by atoms with E-state index in [0.717, 1.165) is 31.6 Å². The zero-order chi connectivity index (χ0) is 8.10. The molecule has 0 aromatic carbocycles. The minimum Gasteiger partial charge on any atom is -0.307 e. The number of thioether (sulfide) groups is 1. The van der Waals surface area contributed by atoms with Gasteiger partial charge in [-0.15, -0.1) is 0 Å². The third-order valence-electron chi connectivity index (χ3n) is 1.79. The van der Waals surface area contributed by atoms with E-state index in [4.69, 9.17) is 0 Å². The molecule has 1 heterocycles. The third-order valence-corrected chi connectivity index (χ3v) is 2.97. The molecule has 0 aromatic rings. The predicted octanol–water partition coefficient (Wildman–Crippen LogP) is 1.41. The number of rotatable bonds is 3. The maximum absolute atomic E-state index is 11.3. The molecule has 1 aliphatic rings. The summed E-state index contributed by atoms with van der Waals surface area (Å²) < 4.78 is 0. The van der Waals surface area contributed by atoms with Gasteiger partial charge in [0.05, 0.1) is 6.04 Å². The van der Waals surface area contributed by atoms with Crippen LogP contribution in [0.25, 0.3) is 0 Å². The smallest absolute Gasteiger partial charge is 0.205 e. The first-order valence-corrected chi connectivity index (χ1v) is 5.23. The molecule has 0 saturated carbocycles. The molecule has 64 valence electrons. The van der Waals surface area contributed by atoms with Crippen LogP contribution in [0.15, 0.2) is 0 Å². The normalized spacial score (nSPS) is 23.9. The lowest BCUT2D eigenvalue weighted by molar-refractivity contribution is -0.112. The summed E-state index contributed by atoms with van der Waals surface area (Å²) in [5.74, 6) is 0.969. The highest BCUT2D eigenvalue weighted by Crippen LogP contribution is 2.14. The third kappa shape index (κ3) is 2.83. The predicted molar refractivity (Wildman–Crippen MR) is 48.8 cm³/mol. The largest absolute Gasteiger partial charge is 0.307 e. The summed E-state index contributed by atoms with van der Waals surface area (Å²) in [6.45, 7) is 3.12. The standard InChI is InChI=1S/C8H15NOS/c1-2-6-11-8(10)7-4-3-5-9-7/h7,9H,2-6H2,1H3/t7-/m0/s1. The Labute approximate surface area is 72.1 Å². The second-order valence-electron chi connectivity index (χ2n) is 2.82. The van der Waals surface area contributed by atoms with Gasteiger partial charge in [-0.25, -0.2) is 0 Å². The lowest BCUT2D eigenvalue weighted by Gasteiger charge is -2.06. The van der Waals surface area contributed by atoms with E-state index in [1.54, 1.807) is 0 Å². The lowest BCUT2D eigenvalue weighted by atomic mass is 10.2. The van der Waals surface area contributed by atoms with Crippen LogP contribution >= 0.6 is 11.8 Å². The van der Waals surface area contributed by atoms with Gasteiger partial charge in [-0.3, -0.25) is 4.79 Å². The molecule has 2 nitrogen and oxygen atoms in total. The van der Waals surface area contributed by atoms with Crippen molar-refractivity contribution in [3.05, 3.63) is 0 Å². The number of nitrogens with one attached hydrogen (secondary N) is 1. The Kier molecular flexibility index (Phi) is 3.94. The summed E-state index contributed by atoms with van der Waals surface area (Å²) in [6, 6.07) is 0.159. The zero-order valence-electron chi connectivity index (χ0n) is 6.93. The quantitative estimate of drug-likeness (QED) is 0.699. The van der Waals surface area contributed by atoms with E-state index in [9.17, 15) is 4.79 Å². The van der Waals surface area contributed by atoms with Gasteiger partial charge in [0.15, 0.2) is 0 Å². The first-order chi connectivity index (χ1) is 5.34. The van der Waals surface area contributed by atoms with Crippen molar-refractivity contribution in [3.63, 3.8) is 0 Å². The molecular formula is C8H15NOS. The van der Waals surface area contributed by atoms with Crippen LogP contribution < -0.4 is 5.32 Å². The molecule has 0 aliphatic carbocycles. The fourth-order valence-corrected chi connectivity index (χ4v) is 2.00. The highest BCUT2D eigenvalue weighted by Gasteiger charge is 2.21. The van der Waals surface area contributed by atoms with E-state index in [2.05, 4.69) is 12.2 Å². The van der Waals surface area contributed by atoms with Crippen LogP contribution in [-0.2, 0) is 4.79 Å². The topological polar surface area (TPSA) is 29.1 Å². The Morgan fingerprint density at radius 2 is 2.55 bits per heavy atom. The molecule has 1 fully saturated rings. The molecule has 0 amide bonds. The molecule has 0 unspecified atom stereocenters. The van der Waals surface area contributed by atoms with Gasteiger partial charge in [-0.2, -0.15) is 0 Å². The van der Waals surface area contributed by atoms with E-state index in [-0.39, 0.29) is 6.04 Å². The van der Waals surface area contributed by atoms with E-state index < -0.39 is 0 Å². The van der Waals surface area contributed by atoms with E-state index in [1.807, 2.05) is 0 Å². The molecule has 0 bridgehead atoms. The molecular weight excluding hydrogens is 158 g/mol. The molecule has 0 spiro atoms. The maximum Gasteiger partial charge on any atom is 0.205 e. The van der Waals surface area contributed by atoms with Gasteiger partial charge in [-0.1, -0.05) is 18.7 Å². The summed E-state index contributed by atoms with van der Waals surface area (Å²) in [6.07, 6.45) is 3.28. The number of carbonyl (C=O) groups excluding carboxylic acids is 1. The summed E-state index contributed by atoms with van der Waals surface area (Å²) in [7, 11) is 0. The molecule has 1 rings (SSSR count). The number of carbonyl (C=O) groups is 1. The van der Waals surface area contributed by atoms with Crippen molar-refractivity contribution >= 4 is 16.9 Å². The van der Waals surface area contributed by atoms with E-state index in [0.29, 0.717) is 5.12 Å². The second kappa shape index (κ2) is 4.78. The Hall–Kier alpha value is -0.0200. The summed E-state index contributed by atoms with van der Waals surface area (Å²) in [4.78, 5) is 11.3. The SMILES string of the molecule is CCCSC(=O)[C@@H]1CCCN1. The van der Waals surface area contributed by atoms with Crippen LogP contribution in [0.2, 0.25) is 0 Å². The fraction of sp³-hybridized carbons (Fsp3) is 0.875. The lowest BCUT2D eigenvalue weighted by Crippen LogP contribution is -2.28. The average Bonchev–Trinajstić information content (AvgIpc) is 2.52. The van der Waals surface area contributed by atoms with Crippen molar-refractivity contribution in [1.29, 1.82) is 0 Å². The van der Waals surface area contributed by atoms with Crippen LogP contribution in [0.3, 0.4) is 0 Å². The van der Waals surface area contributed by atoms with Crippen LogP contribution in [-0.4, -0.2) is 23.5 Å². The minimum atomic E-state index is 0.159. The molecule has 0 aromatic heterocycles. The highest BCUT2D eigenvalue weighted by molar-refractivity contribution is 8.13. The second-order valence-corrected chi connectivity index (χ2v) is 3.92. The number of hydrogen-bond acceptors (Lipinski definition) is 3. The van der Waals surface area contributed by atoms with Gasteiger partial charge in [0.25, 0.3) is 0 Å². The average molecular weight is 173 g/mol. The van der Waals surface area contributed by atoms with Crippen LogP contribution in [0, 0.1) is 0 Å². The van der Waals surface area contributed by atoms with Gasteiger partial charge in [-0.05, 0) is 25.8 Å². The van der Waals surface area contributed by atoms with Crippen LogP contribution in [0.5, 0.6) is 0 Å². The van der Waals surface area contributed by atoms with Gasteiger partial charge < -0.3 is 5.32 Å². The molecule has 1 aliphatic heterocycles. The van der Waals surface area contributed by atoms with Crippen molar-refractivity contribution < 1.29 is 4.79 Å². The van der Waals surface area contributed by atoms with Gasteiger partial charge in [0.1, 0.15) is 0 Å². The summed E-state index contributed by atoms with van der Waals surface area (Å²) >= 11 is 1.47. The monoisotopic (exact) mass is 173 g/mol. The van der Waals surface area contributed by atoms with Crippen molar-refractivity contribution in [2.45, 2.75) is 32.2 Å². The highest BCUT2D eigenvalue weighted by atomic mass is 32.2. The van der Waals surface area contributed by atoms with E-state index in [1.165, 1.54) is 11.8 Å². The summed E-state index contributed by atoms with van der Waals surface area (Å²) in [5, 5.41) is 3.53. The number of hydrogen-bond donors (Lipinski definition) is 1. The van der Waals surface area contributed by atoms with Crippen molar-refractivity contribution in [2.75, 3.05) is 12.3 Å². The van der Waals surface area contributed by atoms with Gasteiger partial charge in [0, 0.05) is 5.75 Å². The Morgan fingerprint density at radius 3 is 3.09 bits per heavy atom. The molecule has 0 radical (unpaired) electrons. The zero-order valence-corrected chi connectivity index (χ0v) is 7.75. The molecule has 1 saturated heterocycles. The minimum absolute atomic E-state index is 0.159. The Bertz CT molecular complexity index is 132. The molecule has 1 atom stereocenters. The van der Waals surface area contributed by atoms with Crippen LogP contribution in [0.1, 0.15) is 26.2 Å². The molecule has 1 N–H and O–H groups in total. The van der Waals surface area contributed by atoms with Gasteiger partial charge in [0.2, 0.25) is 5.12 Å². The van der Waals surface area contributed by atoms with Crippen molar-refractivity contribution in [3.8, 4) is 0 Å². The summed E-state index contributed by atoms with van der Waals surface area (Å²) in [5.41, 5.74) is 0. The Balaban J connectivity index is 2.17. The first-order valence-electron chi connectivity index (χ1n) is 4.24. The van der Waals surface area contributed by atoms with Crippen LogP contribution in [0.4, 0.5) is 0 Å². The van der Waals surface area contributed by atoms with Gasteiger partial charge >= 0.3 is 0 Å². The molecule has 3 heteroatoms. The van der Waals surface area contributed by atoms with E-state index >= 15 is 0 Å². The maximum atomic E-state index is 11.3. The fourth-order valence-electron chi connectivity index (χ4n) is 1.19. The molecule has 11 heavy (non-hydrogen) atoms. The Morgan fingerprint density at radius 1 is 1.73 bits per heavy atom. The first kappa shape index (κ1) is 9.07.